The minimum Gasteiger partial charge on any atom is -0.461 e. The molecule has 1 aromatic carbocycles. The third-order valence-corrected chi connectivity index (χ3v) is 2.85. The Kier molecular flexibility index (Phi) is 4.09. The Morgan fingerprint density at radius 2 is 1.96 bits per heavy atom. The van der Waals surface area contributed by atoms with Gasteiger partial charge in [0.25, 0.3) is 5.95 Å². The first-order chi connectivity index (χ1) is 11.2. The van der Waals surface area contributed by atoms with Gasteiger partial charge >= 0.3 is 5.97 Å². The van der Waals surface area contributed by atoms with E-state index in [1.54, 1.807) is 19.1 Å². The predicted octanol–water partition coefficient (Wildman–Crippen LogP) is 4.04. The molecule has 0 aliphatic heterocycles. The SMILES string of the molecule is CCOC(=O)c1cc(-c2ccc(Oc3ccc(F)cc3)o2)on1. The summed E-state index contributed by atoms with van der Waals surface area (Å²) in [5.74, 6) is 0.299. The van der Waals surface area contributed by atoms with Gasteiger partial charge in [-0.15, -0.1) is 0 Å². The van der Waals surface area contributed by atoms with E-state index in [-0.39, 0.29) is 29.8 Å². The number of halogens is 1. The Labute approximate surface area is 130 Å². The first-order valence-corrected chi connectivity index (χ1v) is 6.83. The molecular weight excluding hydrogens is 305 g/mol. The quantitative estimate of drug-likeness (QED) is 0.661. The Bertz CT molecular complexity index is 806. The number of carbonyl (C=O) groups excluding carboxylic acids is 1. The summed E-state index contributed by atoms with van der Waals surface area (Å²) < 4.78 is 33.6. The molecule has 0 spiro atoms. The van der Waals surface area contributed by atoms with Gasteiger partial charge in [0.15, 0.2) is 11.5 Å². The number of carbonyl (C=O) groups is 1. The van der Waals surface area contributed by atoms with E-state index in [1.807, 2.05) is 0 Å². The van der Waals surface area contributed by atoms with Crippen LogP contribution in [0.2, 0.25) is 0 Å². The fourth-order valence-corrected chi connectivity index (χ4v) is 1.82. The Morgan fingerprint density at radius 1 is 1.17 bits per heavy atom. The van der Waals surface area contributed by atoms with Gasteiger partial charge in [-0.2, -0.15) is 0 Å². The maximum absolute atomic E-state index is 12.8. The molecule has 0 N–H and O–H groups in total. The maximum Gasteiger partial charge on any atom is 0.360 e. The van der Waals surface area contributed by atoms with E-state index in [0.717, 1.165) is 0 Å². The largest absolute Gasteiger partial charge is 0.461 e. The average molecular weight is 317 g/mol. The van der Waals surface area contributed by atoms with Crippen molar-refractivity contribution in [2.45, 2.75) is 6.92 Å². The van der Waals surface area contributed by atoms with Crippen molar-refractivity contribution in [2.75, 3.05) is 6.61 Å². The number of furan rings is 1. The summed E-state index contributed by atoms with van der Waals surface area (Å²) >= 11 is 0. The van der Waals surface area contributed by atoms with E-state index in [2.05, 4.69) is 5.16 Å². The fraction of sp³-hybridized carbons (Fsp3) is 0.125. The molecule has 6 nitrogen and oxygen atoms in total. The monoisotopic (exact) mass is 317 g/mol. The van der Waals surface area contributed by atoms with Crippen molar-refractivity contribution >= 4 is 5.97 Å². The van der Waals surface area contributed by atoms with E-state index in [1.165, 1.54) is 30.3 Å². The second kappa shape index (κ2) is 6.35. The van der Waals surface area contributed by atoms with Crippen molar-refractivity contribution in [3.8, 4) is 23.2 Å². The van der Waals surface area contributed by atoms with Gasteiger partial charge in [0, 0.05) is 12.1 Å². The van der Waals surface area contributed by atoms with Crippen LogP contribution in [0.4, 0.5) is 4.39 Å². The zero-order valence-corrected chi connectivity index (χ0v) is 12.1. The second-order valence-corrected chi connectivity index (χ2v) is 4.47. The van der Waals surface area contributed by atoms with E-state index >= 15 is 0 Å². The summed E-state index contributed by atoms with van der Waals surface area (Å²) in [6, 6.07) is 10.1. The van der Waals surface area contributed by atoms with Crippen LogP contribution in [-0.2, 0) is 4.74 Å². The summed E-state index contributed by atoms with van der Waals surface area (Å²) in [7, 11) is 0. The van der Waals surface area contributed by atoms with Crippen molar-refractivity contribution in [3.63, 3.8) is 0 Å². The smallest absolute Gasteiger partial charge is 0.360 e. The summed E-state index contributed by atoms with van der Waals surface area (Å²) in [6.07, 6.45) is 0. The number of hydrogen-bond acceptors (Lipinski definition) is 6. The lowest BCUT2D eigenvalue weighted by Crippen LogP contribution is -2.04. The molecule has 0 unspecified atom stereocenters. The minimum atomic E-state index is -0.572. The lowest BCUT2D eigenvalue weighted by atomic mass is 10.3. The van der Waals surface area contributed by atoms with Crippen LogP contribution >= 0.6 is 0 Å². The number of rotatable bonds is 5. The summed E-state index contributed by atoms with van der Waals surface area (Å²) in [4.78, 5) is 11.5. The molecule has 0 amide bonds. The van der Waals surface area contributed by atoms with Crippen molar-refractivity contribution in [1.82, 2.24) is 5.16 Å². The molecule has 0 saturated heterocycles. The first-order valence-electron chi connectivity index (χ1n) is 6.83. The van der Waals surface area contributed by atoms with Gasteiger partial charge in [0.05, 0.1) is 6.61 Å². The number of esters is 1. The van der Waals surface area contributed by atoms with Crippen LogP contribution in [0.3, 0.4) is 0 Å². The number of ether oxygens (including phenoxy) is 2. The van der Waals surface area contributed by atoms with E-state index in [0.29, 0.717) is 11.5 Å². The van der Waals surface area contributed by atoms with Gasteiger partial charge in [-0.1, -0.05) is 5.16 Å². The van der Waals surface area contributed by atoms with Crippen LogP contribution in [0, 0.1) is 5.82 Å². The van der Waals surface area contributed by atoms with E-state index < -0.39 is 5.97 Å². The third-order valence-electron chi connectivity index (χ3n) is 2.85. The molecular formula is C16H12FNO5. The van der Waals surface area contributed by atoms with Crippen LogP contribution in [0.1, 0.15) is 17.4 Å². The fourth-order valence-electron chi connectivity index (χ4n) is 1.82. The highest BCUT2D eigenvalue weighted by atomic mass is 19.1. The Balaban J connectivity index is 1.74. The van der Waals surface area contributed by atoms with E-state index in [9.17, 15) is 9.18 Å². The summed E-state index contributed by atoms with van der Waals surface area (Å²) in [6.45, 7) is 1.95. The third kappa shape index (κ3) is 3.39. The molecule has 0 bridgehead atoms. The lowest BCUT2D eigenvalue weighted by molar-refractivity contribution is 0.0514. The average Bonchev–Trinajstić information content (AvgIpc) is 3.19. The van der Waals surface area contributed by atoms with Crippen LogP contribution in [0.25, 0.3) is 11.5 Å². The summed E-state index contributed by atoms with van der Waals surface area (Å²) in [5.41, 5.74) is 0.0549. The molecule has 2 heterocycles. The molecule has 0 radical (unpaired) electrons. The highest BCUT2D eigenvalue weighted by Gasteiger charge is 2.17. The molecule has 7 heteroatoms. The van der Waals surface area contributed by atoms with Gasteiger partial charge in [0.1, 0.15) is 11.6 Å². The van der Waals surface area contributed by atoms with Crippen LogP contribution in [-0.4, -0.2) is 17.7 Å². The van der Waals surface area contributed by atoms with Gasteiger partial charge in [-0.25, -0.2) is 9.18 Å². The van der Waals surface area contributed by atoms with Crippen molar-refractivity contribution in [3.05, 3.63) is 54.0 Å². The molecule has 0 aliphatic rings. The van der Waals surface area contributed by atoms with Gasteiger partial charge in [0.2, 0.25) is 5.76 Å². The molecule has 0 aliphatic carbocycles. The Morgan fingerprint density at radius 3 is 2.70 bits per heavy atom. The molecule has 3 aromatic rings. The molecule has 3 rings (SSSR count). The highest BCUT2D eigenvalue weighted by Crippen LogP contribution is 2.30. The number of benzene rings is 1. The zero-order chi connectivity index (χ0) is 16.2. The Hall–Kier alpha value is -3.09. The minimum absolute atomic E-state index is 0.0549. The number of hydrogen-bond donors (Lipinski definition) is 0. The van der Waals surface area contributed by atoms with Crippen molar-refractivity contribution < 1.29 is 27.6 Å². The zero-order valence-electron chi connectivity index (χ0n) is 12.1. The highest BCUT2D eigenvalue weighted by molar-refractivity contribution is 5.88. The molecule has 0 saturated carbocycles. The van der Waals surface area contributed by atoms with Crippen LogP contribution in [0.5, 0.6) is 11.7 Å². The molecule has 0 atom stereocenters. The molecule has 2 aromatic heterocycles. The van der Waals surface area contributed by atoms with Gasteiger partial charge in [-0.3, -0.25) is 0 Å². The van der Waals surface area contributed by atoms with Gasteiger partial charge < -0.3 is 18.4 Å². The second-order valence-electron chi connectivity index (χ2n) is 4.47. The summed E-state index contributed by atoms with van der Waals surface area (Å²) in [5, 5.41) is 3.62. The normalized spacial score (nSPS) is 10.5. The molecule has 23 heavy (non-hydrogen) atoms. The van der Waals surface area contributed by atoms with Crippen LogP contribution < -0.4 is 4.74 Å². The number of nitrogens with zero attached hydrogens (tertiary/aromatic N) is 1. The predicted molar refractivity (Wildman–Crippen MR) is 76.6 cm³/mol. The van der Waals surface area contributed by atoms with E-state index in [4.69, 9.17) is 18.4 Å². The standard InChI is InChI=1S/C16H12FNO5/c1-2-20-16(19)12-9-14(23-18-12)13-7-8-15(22-13)21-11-5-3-10(17)4-6-11/h3-9H,2H2,1H3. The number of aromatic nitrogens is 1. The topological polar surface area (TPSA) is 74.7 Å². The molecule has 0 fully saturated rings. The van der Waals surface area contributed by atoms with Crippen molar-refractivity contribution in [1.29, 1.82) is 0 Å². The van der Waals surface area contributed by atoms with Crippen LogP contribution in [0.15, 0.2) is 51.4 Å². The van der Waals surface area contributed by atoms with Gasteiger partial charge in [-0.05, 0) is 37.3 Å². The molecule has 118 valence electrons. The first kappa shape index (κ1) is 14.8. The maximum atomic E-state index is 12.8. The lowest BCUT2D eigenvalue weighted by Gasteiger charge is -2.00. The van der Waals surface area contributed by atoms with Crippen molar-refractivity contribution in [2.24, 2.45) is 0 Å².